The summed E-state index contributed by atoms with van der Waals surface area (Å²) in [4.78, 5) is 24.3. The molecular formula is C22H26ClNO5. The van der Waals surface area contributed by atoms with Gasteiger partial charge in [-0.05, 0) is 48.7 Å². The lowest BCUT2D eigenvalue weighted by molar-refractivity contribution is -0.142. The van der Waals surface area contributed by atoms with Crippen LogP contribution in [0.3, 0.4) is 0 Å². The van der Waals surface area contributed by atoms with Gasteiger partial charge in [-0.25, -0.2) is 4.79 Å². The molecule has 29 heavy (non-hydrogen) atoms. The van der Waals surface area contributed by atoms with Gasteiger partial charge in [0.05, 0.1) is 19.8 Å². The Hall–Kier alpha value is -2.73. The van der Waals surface area contributed by atoms with E-state index in [1.165, 1.54) is 14.2 Å². The summed E-state index contributed by atoms with van der Waals surface area (Å²) < 4.78 is 15.3. The highest BCUT2D eigenvalue weighted by atomic mass is 35.5. The molecule has 0 radical (unpaired) electrons. The van der Waals surface area contributed by atoms with E-state index in [1.54, 1.807) is 18.2 Å². The summed E-state index contributed by atoms with van der Waals surface area (Å²) in [5.74, 6) is -0.0370. The molecule has 0 aliphatic heterocycles. The van der Waals surface area contributed by atoms with Crippen LogP contribution >= 0.6 is 11.6 Å². The van der Waals surface area contributed by atoms with E-state index in [-0.39, 0.29) is 12.5 Å². The molecule has 7 heteroatoms. The highest BCUT2D eigenvalue weighted by Gasteiger charge is 2.30. The maximum atomic E-state index is 13.0. The van der Waals surface area contributed by atoms with Crippen LogP contribution in [0.15, 0.2) is 42.5 Å². The van der Waals surface area contributed by atoms with Crippen molar-refractivity contribution < 1.29 is 23.8 Å². The van der Waals surface area contributed by atoms with Gasteiger partial charge in [0.15, 0.2) is 18.1 Å². The molecule has 0 bridgehead atoms. The Balaban J connectivity index is 2.25. The van der Waals surface area contributed by atoms with Crippen LogP contribution in [0.2, 0.25) is 5.02 Å². The number of benzene rings is 2. The summed E-state index contributed by atoms with van der Waals surface area (Å²) in [6.07, 6.45) is 1.43. The number of carbonyl (C=O) groups excluding carboxylic acids is 2. The summed E-state index contributed by atoms with van der Waals surface area (Å²) in [5, 5.41) is 3.81. The maximum absolute atomic E-state index is 13.0. The SMILES string of the molecule is CCC(CC)(NC(=O)c1ccc(OCC(=O)OC)c(OC)c1)c1ccc(Cl)cc1. The van der Waals surface area contributed by atoms with Crippen LogP contribution in [0.1, 0.15) is 42.6 Å². The van der Waals surface area contributed by atoms with Crippen molar-refractivity contribution in [3.63, 3.8) is 0 Å². The largest absolute Gasteiger partial charge is 0.493 e. The number of amides is 1. The third-order valence-electron chi connectivity index (χ3n) is 4.96. The normalized spacial score (nSPS) is 10.9. The molecule has 2 rings (SSSR count). The predicted octanol–water partition coefficient (Wildman–Crippen LogP) is 4.35. The zero-order valence-corrected chi connectivity index (χ0v) is 17.8. The molecule has 0 aromatic heterocycles. The summed E-state index contributed by atoms with van der Waals surface area (Å²) >= 11 is 6.01. The Morgan fingerprint density at radius 3 is 2.21 bits per heavy atom. The molecule has 1 amide bonds. The van der Waals surface area contributed by atoms with Crippen molar-refractivity contribution in [2.75, 3.05) is 20.8 Å². The molecule has 2 aromatic carbocycles. The molecule has 0 heterocycles. The number of nitrogens with one attached hydrogen (secondary N) is 1. The number of methoxy groups -OCH3 is 2. The van der Waals surface area contributed by atoms with Crippen LogP contribution < -0.4 is 14.8 Å². The van der Waals surface area contributed by atoms with E-state index in [0.717, 1.165) is 5.56 Å². The number of ether oxygens (including phenoxy) is 3. The van der Waals surface area contributed by atoms with Crippen molar-refractivity contribution in [2.45, 2.75) is 32.2 Å². The first-order valence-electron chi connectivity index (χ1n) is 9.35. The molecule has 0 saturated heterocycles. The number of esters is 1. The van der Waals surface area contributed by atoms with Gasteiger partial charge in [0, 0.05) is 10.6 Å². The third kappa shape index (κ3) is 5.41. The Morgan fingerprint density at radius 1 is 1.00 bits per heavy atom. The standard InChI is InChI=1S/C22H26ClNO5/c1-5-22(6-2,16-8-10-17(23)11-9-16)24-21(26)15-7-12-18(19(13-15)27-3)29-14-20(25)28-4/h7-13H,5-6,14H2,1-4H3,(H,24,26). The van der Waals surface area contributed by atoms with E-state index in [9.17, 15) is 9.59 Å². The lowest BCUT2D eigenvalue weighted by Gasteiger charge is -2.34. The molecule has 0 saturated carbocycles. The quantitative estimate of drug-likeness (QED) is 0.612. The van der Waals surface area contributed by atoms with Crippen LogP contribution in [0, 0.1) is 0 Å². The molecular weight excluding hydrogens is 394 g/mol. The average Bonchev–Trinajstić information content (AvgIpc) is 2.76. The fourth-order valence-electron chi connectivity index (χ4n) is 3.09. The van der Waals surface area contributed by atoms with Crippen LogP contribution in [-0.4, -0.2) is 32.7 Å². The van der Waals surface area contributed by atoms with Crippen molar-refractivity contribution >= 4 is 23.5 Å². The van der Waals surface area contributed by atoms with Crippen LogP contribution in [0.5, 0.6) is 11.5 Å². The van der Waals surface area contributed by atoms with Crippen molar-refractivity contribution in [1.82, 2.24) is 5.32 Å². The van der Waals surface area contributed by atoms with Crippen molar-refractivity contribution in [3.05, 3.63) is 58.6 Å². The molecule has 6 nitrogen and oxygen atoms in total. The van der Waals surface area contributed by atoms with E-state index in [2.05, 4.69) is 10.1 Å². The second kappa shape index (κ2) is 10.2. The smallest absolute Gasteiger partial charge is 0.343 e. The second-order valence-electron chi connectivity index (χ2n) is 6.48. The first kappa shape index (κ1) is 22.6. The molecule has 0 spiro atoms. The fourth-order valence-corrected chi connectivity index (χ4v) is 3.22. The van der Waals surface area contributed by atoms with Gasteiger partial charge in [0.2, 0.25) is 0 Å². The molecule has 2 aromatic rings. The van der Waals surface area contributed by atoms with E-state index in [1.807, 2.05) is 38.1 Å². The zero-order chi connectivity index (χ0) is 21.4. The summed E-state index contributed by atoms with van der Waals surface area (Å²) in [6.45, 7) is 3.81. The highest BCUT2D eigenvalue weighted by Crippen LogP contribution is 2.32. The minimum Gasteiger partial charge on any atom is -0.493 e. The highest BCUT2D eigenvalue weighted by molar-refractivity contribution is 6.30. The van der Waals surface area contributed by atoms with Gasteiger partial charge in [0.25, 0.3) is 5.91 Å². The monoisotopic (exact) mass is 419 g/mol. The van der Waals surface area contributed by atoms with Gasteiger partial charge in [0.1, 0.15) is 0 Å². The van der Waals surface area contributed by atoms with Gasteiger partial charge >= 0.3 is 5.97 Å². The first-order chi connectivity index (χ1) is 13.9. The number of hydrogen-bond donors (Lipinski definition) is 1. The first-order valence-corrected chi connectivity index (χ1v) is 9.73. The van der Waals surface area contributed by atoms with E-state index >= 15 is 0 Å². The lowest BCUT2D eigenvalue weighted by atomic mass is 9.84. The minimum atomic E-state index is -0.519. The van der Waals surface area contributed by atoms with Gasteiger partial charge in [-0.3, -0.25) is 4.79 Å². The molecule has 0 atom stereocenters. The summed E-state index contributed by atoms with van der Waals surface area (Å²) in [6, 6.07) is 12.3. The Kier molecular flexibility index (Phi) is 7.91. The lowest BCUT2D eigenvalue weighted by Crippen LogP contribution is -2.45. The third-order valence-corrected chi connectivity index (χ3v) is 5.21. The molecule has 0 unspecified atom stereocenters. The number of hydrogen-bond acceptors (Lipinski definition) is 5. The number of halogens is 1. The summed E-state index contributed by atoms with van der Waals surface area (Å²) in [5.41, 5.74) is 0.896. The maximum Gasteiger partial charge on any atom is 0.343 e. The summed E-state index contributed by atoms with van der Waals surface area (Å²) in [7, 11) is 2.75. The molecule has 1 N–H and O–H groups in total. The van der Waals surface area contributed by atoms with Crippen molar-refractivity contribution in [2.24, 2.45) is 0 Å². The Morgan fingerprint density at radius 2 is 1.66 bits per heavy atom. The van der Waals surface area contributed by atoms with Crippen LogP contribution in [0.25, 0.3) is 0 Å². The topological polar surface area (TPSA) is 73.9 Å². The molecule has 0 aliphatic carbocycles. The molecule has 0 aliphatic rings. The van der Waals surface area contributed by atoms with E-state index in [4.69, 9.17) is 21.1 Å². The van der Waals surface area contributed by atoms with E-state index in [0.29, 0.717) is 34.9 Å². The van der Waals surface area contributed by atoms with Gasteiger partial charge in [-0.2, -0.15) is 0 Å². The van der Waals surface area contributed by atoms with Crippen molar-refractivity contribution in [1.29, 1.82) is 0 Å². The Bertz CT molecular complexity index is 847. The van der Waals surface area contributed by atoms with Gasteiger partial charge in [-0.1, -0.05) is 37.6 Å². The van der Waals surface area contributed by atoms with Gasteiger partial charge < -0.3 is 19.5 Å². The second-order valence-corrected chi connectivity index (χ2v) is 6.92. The average molecular weight is 420 g/mol. The fraction of sp³-hybridized carbons (Fsp3) is 0.364. The van der Waals surface area contributed by atoms with Gasteiger partial charge in [-0.15, -0.1) is 0 Å². The minimum absolute atomic E-state index is 0.235. The molecule has 0 fully saturated rings. The van der Waals surface area contributed by atoms with Crippen LogP contribution in [0.4, 0.5) is 0 Å². The molecule has 156 valence electrons. The number of rotatable bonds is 9. The predicted molar refractivity (Wildman–Crippen MR) is 112 cm³/mol. The van der Waals surface area contributed by atoms with Crippen molar-refractivity contribution in [3.8, 4) is 11.5 Å². The van der Waals surface area contributed by atoms with E-state index < -0.39 is 11.5 Å². The zero-order valence-electron chi connectivity index (χ0n) is 17.1. The number of carbonyl (C=O) groups is 2. The Labute approximate surface area is 176 Å². The van der Waals surface area contributed by atoms with Crippen LogP contribution in [-0.2, 0) is 15.1 Å².